The number of hydrogen-bond acceptors (Lipinski definition) is 5. The molecule has 0 aromatic rings. The minimum atomic E-state index is -0.947. The van der Waals surface area contributed by atoms with Crippen LogP contribution in [0, 0.1) is 0 Å². The van der Waals surface area contributed by atoms with Gasteiger partial charge in [-0.25, -0.2) is 0 Å². The van der Waals surface area contributed by atoms with Crippen LogP contribution < -0.4 is 0 Å². The highest BCUT2D eigenvalue weighted by atomic mass is 16.3. The Labute approximate surface area is 82.6 Å². The summed E-state index contributed by atoms with van der Waals surface area (Å²) in [6.07, 6.45) is -0.985. The summed E-state index contributed by atoms with van der Waals surface area (Å²) in [5.74, 6) is 0. The van der Waals surface area contributed by atoms with Gasteiger partial charge in [-0.1, -0.05) is 0 Å². The van der Waals surface area contributed by atoms with Crippen molar-refractivity contribution in [3.05, 3.63) is 0 Å². The molecule has 4 N–H and O–H groups in total. The van der Waals surface area contributed by atoms with Gasteiger partial charge in [0.05, 0.1) is 37.0 Å². The lowest BCUT2D eigenvalue weighted by Gasteiger charge is -2.36. The predicted molar refractivity (Wildman–Crippen MR) is 48.6 cm³/mol. The first-order valence-corrected chi connectivity index (χ1v) is 5.07. The maximum Gasteiger partial charge on any atom is 0.0995 e. The van der Waals surface area contributed by atoms with Crippen LogP contribution in [0.5, 0.6) is 0 Å². The second-order valence-electron chi connectivity index (χ2n) is 4.17. The van der Waals surface area contributed by atoms with Gasteiger partial charge in [-0.05, 0) is 19.4 Å². The van der Waals surface area contributed by atoms with Gasteiger partial charge in [0, 0.05) is 0 Å². The SMILES string of the molecule is OC[C@@H]1[C@@H](O)[C@H](O)[C@@H]2[C@@H](O)CCCN21. The van der Waals surface area contributed by atoms with E-state index in [-0.39, 0.29) is 6.61 Å². The second-order valence-corrected chi connectivity index (χ2v) is 4.17. The van der Waals surface area contributed by atoms with Gasteiger partial charge in [0.1, 0.15) is 0 Å². The molecular formula is C9H17NO4. The molecule has 0 aromatic carbocycles. The van der Waals surface area contributed by atoms with Crippen molar-refractivity contribution in [1.29, 1.82) is 0 Å². The third-order valence-electron chi connectivity index (χ3n) is 3.40. The highest BCUT2D eigenvalue weighted by Crippen LogP contribution is 2.32. The number of nitrogens with zero attached hydrogens (tertiary/aromatic N) is 1. The maximum absolute atomic E-state index is 9.70. The van der Waals surface area contributed by atoms with E-state index in [1.54, 1.807) is 0 Å². The smallest absolute Gasteiger partial charge is 0.0995 e. The summed E-state index contributed by atoms with van der Waals surface area (Å²) in [6.45, 7) is 0.544. The van der Waals surface area contributed by atoms with Crippen LogP contribution in [0.2, 0.25) is 0 Å². The van der Waals surface area contributed by atoms with E-state index >= 15 is 0 Å². The molecule has 2 rings (SSSR count). The first-order chi connectivity index (χ1) is 6.66. The van der Waals surface area contributed by atoms with Crippen LogP contribution in [-0.4, -0.2) is 68.9 Å². The maximum atomic E-state index is 9.70. The van der Waals surface area contributed by atoms with Crippen molar-refractivity contribution in [3.63, 3.8) is 0 Å². The van der Waals surface area contributed by atoms with Gasteiger partial charge in [-0.2, -0.15) is 0 Å². The molecule has 2 saturated heterocycles. The monoisotopic (exact) mass is 203 g/mol. The second kappa shape index (κ2) is 3.75. The zero-order valence-corrected chi connectivity index (χ0v) is 7.95. The molecule has 0 unspecified atom stereocenters. The molecule has 2 aliphatic rings. The van der Waals surface area contributed by atoms with E-state index in [1.165, 1.54) is 0 Å². The quantitative estimate of drug-likeness (QED) is 0.393. The normalized spacial score (nSPS) is 49.3. The number of fused-ring (bicyclic) bond motifs is 1. The number of hydrogen-bond donors (Lipinski definition) is 4. The van der Waals surface area contributed by atoms with Crippen LogP contribution >= 0.6 is 0 Å². The summed E-state index contributed by atoms with van der Waals surface area (Å²) in [4.78, 5) is 1.82. The number of piperidine rings is 1. The molecule has 0 amide bonds. The van der Waals surface area contributed by atoms with E-state index in [1.807, 2.05) is 4.90 Å². The summed E-state index contributed by atoms with van der Waals surface area (Å²) < 4.78 is 0. The van der Waals surface area contributed by atoms with Gasteiger partial charge in [0.15, 0.2) is 0 Å². The van der Waals surface area contributed by atoms with Gasteiger partial charge in [0.2, 0.25) is 0 Å². The average molecular weight is 203 g/mol. The lowest BCUT2D eigenvalue weighted by molar-refractivity contribution is -0.0300. The molecule has 0 saturated carbocycles. The van der Waals surface area contributed by atoms with E-state index in [4.69, 9.17) is 5.11 Å². The highest BCUT2D eigenvalue weighted by molar-refractivity contribution is 5.05. The van der Waals surface area contributed by atoms with Crippen LogP contribution in [0.25, 0.3) is 0 Å². The standard InChI is InChI=1S/C9H17NO4/c11-4-5-8(13)9(14)7-6(12)2-1-3-10(5)7/h5-9,11-14H,1-4H2/t5-,6+,7+,8-,9-/m1/s1. The number of aliphatic hydroxyl groups excluding tert-OH is 4. The molecule has 0 bridgehead atoms. The van der Waals surface area contributed by atoms with Gasteiger partial charge >= 0.3 is 0 Å². The van der Waals surface area contributed by atoms with Crippen molar-refractivity contribution in [2.24, 2.45) is 0 Å². The van der Waals surface area contributed by atoms with Crippen molar-refractivity contribution in [2.75, 3.05) is 13.2 Å². The lowest BCUT2D eigenvalue weighted by atomic mass is 9.97. The molecule has 0 aromatic heterocycles. The number of aliphatic hydroxyl groups is 4. The minimum Gasteiger partial charge on any atom is -0.395 e. The third-order valence-corrected chi connectivity index (χ3v) is 3.40. The van der Waals surface area contributed by atoms with E-state index in [0.717, 1.165) is 13.0 Å². The van der Waals surface area contributed by atoms with Crippen LogP contribution in [0.15, 0.2) is 0 Å². The van der Waals surface area contributed by atoms with E-state index in [0.29, 0.717) is 6.42 Å². The zero-order valence-electron chi connectivity index (χ0n) is 7.95. The largest absolute Gasteiger partial charge is 0.395 e. The van der Waals surface area contributed by atoms with Gasteiger partial charge in [-0.3, -0.25) is 4.90 Å². The molecule has 2 fully saturated rings. The lowest BCUT2D eigenvalue weighted by Crippen LogP contribution is -2.51. The summed E-state index contributed by atoms with van der Waals surface area (Å²) >= 11 is 0. The molecule has 0 radical (unpaired) electrons. The van der Waals surface area contributed by atoms with Gasteiger partial charge in [0.25, 0.3) is 0 Å². The summed E-state index contributed by atoms with van der Waals surface area (Å²) in [5.41, 5.74) is 0. The molecule has 5 heteroatoms. The molecule has 14 heavy (non-hydrogen) atoms. The van der Waals surface area contributed by atoms with Crippen molar-refractivity contribution < 1.29 is 20.4 Å². The Kier molecular flexibility index (Phi) is 2.77. The van der Waals surface area contributed by atoms with E-state index < -0.39 is 30.4 Å². The predicted octanol–water partition coefficient (Wildman–Crippen LogP) is -2.09. The Bertz CT molecular complexity index is 213. The van der Waals surface area contributed by atoms with E-state index in [9.17, 15) is 15.3 Å². The van der Waals surface area contributed by atoms with Crippen LogP contribution in [0.1, 0.15) is 12.8 Å². The summed E-state index contributed by atoms with van der Waals surface area (Å²) in [6, 6.07) is -0.833. The first kappa shape index (κ1) is 10.3. The fourth-order valence-corrected chi connectivity index (χ4v) is 2.67. The molecule has 5 atom stereocenters. The molecule has 0 spiro atoms. The number of rotatable bonds is 1. The summed E-state index contributed by atoms with van der Waals surface area (Å²) in [5, 5.41) is 38.1. The van der Waals surface area contributed by atoms with Crippen molar-refractivity contribution in [2.45, 2.75) is 43.2 Å². The Morgan fingerprint density at radius 3 is 2.50 bits per heavy atom. The minimum absolute atomic E-state index is 0.179. The first-order valence-electron chi connectivity index (χ1n) is 5.07. The van der Waals surface area contributed by atoms with Gasteiger partial charge < -0.3 is 20.4 Å². The molecule has 0 aliphatic carbocycles. The third kappa shape index (κ3) is 1.36. The van der Waals surface area contributed by atoms with Crippen molar-refractivity contribution in [3.8, 4) is 0 Å². The zero-order chi connectivity index (χ0) is 10.3. The van der Waals surface area contributed by atoms with Gasteiger partial charge in [-0.15, -0.1) is 0 Å². The van der Waals surface area contributed by atoms with E-state index in [2.05, 4.69) is 0 Å². The Morgan fingerprint density at radius 1 is 1.14 bits per heavy atom. The Hall–Kier alpha value is -0.200. The fraction of sp³-hybridized carbons (Fsp3) is 1.00. The molecule has 2 heterocycles. The Balaban J connectivity index is 2.19. The topological polar surface area (TPSA) is 84.2 Å². The molecular weight excluding hydrogens is 186 g/mol. The average Bonchev–Trinajstić information content (AvgIpc) is 2.41. The van der Waals surface area contributed by atoms with Crippen molar-refractivity contribution in [1.82, 2.24) is 4.90 Å². The van der Waals surface area contributed by atoms with Crippen molar-refractivity contribution >= 4 is 0 Å². The summed E-state index contributed by atoms with van der Waals surface area (Å²) in [7, 11) is 0. The molecule has 82 valence electrons. The molecule has 5 nitrogen and oxygen atoms in total. The fourth-order valence-electron chi connectivity index (χ4n) is 2.67. The van der Waals surface area contributed by atoms with Crippen LogP contribution in [0.3, 0.4) is 0 Å². The molecule has 2 aliphatic heterocycles. The Morgan fingerprint density at radius 2 is 1.86 bits per heavy atom. The van der Waals surface area contributed by atoms with Crippen LogP contribution in [0.4, 0.5) is 0 Å². The highest BCUT2D eigenvalue weighted by Gasteiger charge is 2.51. The van der Waals surface area contributed by atoms with Crippen LogP contribution in [-0.2, 0) is 0 Å².